The number of aromatic nitrogens is 3. The van der Waals surface area contributed by atoms with Crippen LogP contribution in [0.25, 0.3) is 11.0 Å². The van der Waals surface area contributed by atoms with E-state index in [1.165, 1.54) is 32.8 Å². The van der Waals surface area contributed by atoms with Gasteiger partial charge in [0.05, 0.1) is 40.0 Å². The van der Waals surface area contributed by atoms with Crippen LogP contribution in [0.15, 0.2) is 48.7 Å². The minimum Gasteiger partial charge on any atom is -0.457 e. The second-order valence-electron chi connectivity index (χ2n) is 10.7. The summed E-state index contributed by atoms with van der Waals surface area (Å²) >= 11 is 0. The molecule has 9 nitrogen and oxygen atoms in total. The Labute approximate surface area is 240 Å². The van der Waals surface area contributed by atoms with Gasteiger partial charge in [0.2, 0.25) is 11.9 Å². The number of rotatable bonds is 9. The van der Waals surface area contributed by atoms with E-state index in [1.54, 1.807) is 54.2 Å². The van der Waals surface area contributed by atoms with Crippen LogP contribution in [0.4, 0.5) is 30.5 Å². The molecule has 0 fully saturated rings. The molecule has 3 heterocycles. The summed E-state index contributed by atoms with van der Waals surface area (Å²) in [7, 11) is 3.20. The number of benzene rings is 2. The Morgan fingerprint density at radius 2 is 1.83 bits per heavy atom. The van der Waals surface area contributed by atoms with Gasteiger partial charge < -0.3 is 24.3 Å². The molecule has 2 aromatic heterocycles. The lowest BCUT2D eigenvalue weighted by Crippen LogP contribution is -2.38. The highest BCUT2D eigenvalue weighted by molar-refractivity contribution is 6.08. The van der Waals surface area contributed by atoms with Crippen LogP contribution < -0.4 is 15.0 Å². The molecule has 1 aliphatic heterocycles. The van der Waals surface area contributed by atoms with Gasteiger partial charge >= 0.3 is 6.18 Å². The number of ketones is 1. The number of nitrogens with zero attached hydrogens (tertiary/aromatic N) is 4. The first-order valence-corrected chi connectivity index (χ1v) is 13.2. The molecule has 5 rings (SSSR count). The van der Waals surface area contributed by atoms with Crippen LogP contribution in [0.3, 0.4) is 0 Å². The molecule has 4 aromatic rings. The minimum atomic E-state index is -4.69. The molecule has 0 aliphatic carbocycles. The Kier molecular flexibility index (Phi) is 7.44. The summed E-state index contributed by atoms with van der Waals surface area (Å²) < 4.78 is 55.8. The third-order valence-corrected chi connectivity index (χ3v) is 7.20. The van der Waals surface area contributed by atoms with E-state index in [1.807, 2.05) is 0 Å². The molecule has 2 aromatic carbocycles. The number of anilines is 3. The van der Waals surface area contributed by atoms with E-state index < -0.39 is 23.1 Å². The third kappa shape index (κ3) is 5.41. The van der Waals surface area contributed by atoms with E-state index in [4.69, 9.17) is 9.47 Å². The highest BCUT2D eigenvalue weighted by Gasteiger charge is 2.50. The Hall–Kier alpha value is -4.45. The van der Waals surface area contributed by atoms with Crippen molar-refractivity contribution in [3.63, 3.8) is 0 Å². The Balaban J connectivity index is 1.49. The van der Waals surface area contributed by atoms with Crippen molar-refractivity contribution >= 4 is 40.0 Å². The number of alkyl halides is 3. The number of Topliss-reactive ketones (excluding diaryl/α,β-unsaturated/α-hetero) is 1. The third-order valence-electron chi connectivity index (χ3n) is 7.20. The highest BCUT2D eigenvalue weighted by atomic mass is 19.4. The molecule has 0 bridgehead atoms. The number of aryl methyl sites for hydroxylation is 1. The summed E-state index contributed by atoms with van der Waals surface area (Å²) in [5, 5.41) is 3.02. The number of hydrogen-bond acceptors (Lipinski definition) is 7. The normalized spacial score (nSPS) is 14.4. The molecule has 0 saturated heterocycles. The Morgan fingerprint density at radius 1 is 1.10 bits per heavy atom. The number of pyridine rings is 1. The van der Waals surface area contributed by atoms with Crippen LogP contribution in [0.1, 0.15) is 37.6 Å². The van der Waals surface area contributed by atoms with E-state index in [0.717, 1.165) is 6.07 Å². The van der Waals surface area contributed by atoms with Crippen molar-refractivity contribution in [3.8, 4) is 11.5 Å². The molecule has 0 spiro atoms. The second kappa shape index (κ2) is 10.8. The number of fused-ring (bicyclic) bond motifs is 2. The van der Waals surface area contributed by atoms with Gasteiger partial charge in [0.1, 0.15) is 17.3 Å². The molecule has 42 heavy (non-hydrogen) atoms. The number of hydrogen-bond donors (Lipinski definition) is 1. The maximum Gasteiger partial charge on any atom is 0.416 e. The number of halogens is 3. The maximum absolute atomic E-state index is 14.3. The fourth-order valence-corrected chi connectivity index (χ4v) is 5.23. The number of nitrogens with one attached hydrogen (secondary N) is 1. The average Bonchev–Trinajstić information content (AvgIpc) is 3.31. The van der Waals surface area contributed by atoms with E-state index >= 15 is 0 Å². The van der Waals surface area contributed by atoms with Crippen LogP contribution in [0.5, 0.6) is 11.5 Å². The summed E-state index contributed by atoms with van der Waals surface area (Å²) in [5.74, 6) is 0.877. The first kappa shape index (κ1) is 29.1. The van der Waals surface area contributed by atoms with Crippen LogP contribution in [-0.4, -0.2) is 46.5 Å². The van der Waals surface area contributed by atoms with Gasteiger partial charge in [-0.2, -0.15) is 13.2 Å². The zero-order valence-corrected chi connectivity index (χ0v) is 23.8. The fraction of sp³-hybridized carbons (Fsp3) is 0.333. The molecule has 1 aliphatic rings. The number of ether oxygens (including phenoxy) is 2. The van der Waals surface area contributed by atoms with Gasteiger partial charge in [-0.3, -0.25) is 14.6 Å². The molecule has 0 saturated carbocycles. The Morgan fingerprint density at radius 3 is 2.52 bits per heavy atom. The van der Waals surface area contributed by atoms with E-state index in [9.17, 15) is 22.8 Å². The molecular formula is C30H30F3N5O4. The van der Waals surface area contributed by atoms with Gasteiger partial charge in [-0.05, 0) is 51.1 Å². The first-order valence-electron chi connectivity index (χ1n) is 13.2. The summed E-state index contributed by atoms with van der Waals surface area (Å²) in [5.41, 5.74) is -0.117. The number of carbonyl (C=O) groups is 2. The van der Waals surface area contributed by atoms with Crippen molar-refractivity contribution in [2.75, 3.05) is 30.5 Å². The van der Waals surface area contributed by atoms with Crippen molar-refractivity contribution in [2.45, 2.75) is 38.8 Å². The van der Waals surface area contributed by atoms with Crippen LogP contribution >= 0.6 is 0 Å². The van der Waals surface area contributed by atoms with Crippen LogP contribution in [-0.2, 0) is 39.4 Å². The summed E-state index contributed by atoms with van der Waals surface area (Å²) in [6.45, 7) is 4.79. The fourth-order valence-electron chi connectivity index (χ4n) is 5.23. The zero-order chi connectivity index (χ0) is 30.4. The van der Waals surface area contributed by atoms with Gasteiger partial charge in [-0.25, -0.2) is 4.98 Å². The van der Waals surface area contributed by atoms with Crippen molar-refractivity contribution in [2.24, 2.45) is 7.05 Å². The summed E-state index contributed by atoms with van der Waals surface area (Å²) in [6, 6.07) is 11.2. The zero-order valence-electron chi connectivity index (χ0n) is 23.8. The maximum atomic E-state index is 14.3. The lowest BCUT2D eigenvalue weighted by Gasteiger charge is -2.21. The lowest BCUT2D eigenvalue weighted by molar-refractivity contribution is -0.138. The van der Waals surface area contributed by atoms with E-state index in [-0.39, 0.29) is 42.3 Å². The van der Waals surface area contributed by atoms with E-state index in [0.29, 0.717) is 34.2 Å². The predicted octanol–water partition coefficient (Wildman–Crippen LogP) is 5.93. The monoisotopic (exact) mass is 581 g/mol. The van der Waals surface area contributed by atoms with E-state index in [2.05, 4.69) is 15.3 Å². The topological polar surface area (TPSA) is 98.6 Å². The quantitative estimate of drug-likeness (QED) is 0.262. The second-order valence-corrected chi connectivity index (χ2v) is 10.7. The summed E-state index contributed by atoms with van der Waals surface area (Å²) in [6.07, 6.45) is -2.93. The smallest absolute Gasteiger partial charge is 0.416 e. The number of methoxy groups -OCH3 is 1. The average molecular weight is 582 g/mol. The van der Waals surface area contributed by atoms with Gasteiger partial charge in [-0.1, -0.05) is 0 Å². The van der Waals surface area contributed by atoms with Crippen molar-refractivity contribution in [1.29, 1.82) is 0 Å². The van der Waals surface area contributed by atoms with Crippen molar-refractivity contribution < 1.29 is 32.2 Å². The highest BCUT2D eigenvalue weighted by Crippen LogP contribution is 2.49. The molecule has 0 atom stereocenters. The molecule has 12 heteroatoms. The number of amides is 1. The number of carbonyl (C=O) groups excluding carboxylic acids is 2. The van der Waals surface area contributed by atoms with Gasteiger partial charge in [0.25, 0.3) is 0 Å². The molecule has 0 unspecified atom stereocenters. The molecular weight excluding hydrogens is 551 g/mol. The van der Waals surface area contributed by atoms with Gasteiger partial charge in [0.15, 0.2) is 0 Å². The molecule has 1 N–H and O–H groups in total. The van der Waals surface area contributed by atoms with Crippen molar-refractivity contribution in [3.05, 3.63) is 65.5 Å². The molecule has 0 radical (unpaired) electrons. The lowest BCUT2D eigenvalue weighted by atomic mass is 9.82. The first-order chi connectivity index (χ1) is 19.8. The van der Waals surface area contributed by atoms with Crippen molar-refractivity contribution in [1.82, 2.24) is 14.5 Å². The summed E-state index contributed by atoms with van der Waals surface area (Å²) in [4.78, 5) is 34.7. The Bertz CT molecular complexity index is 1700. The van der Waals surface area contributed by atoms with Crippen LogP contribution in [0, 0.1) is 0 Å². The standard InChI is InChI=1S/C30H30F3N5O4/c1-17(39)12-18-13-21(8-9-34-18)42-20-6-7-23-24(16-20)37(4)28(36-23)35-19-14-22(30(31,32)33)26-25(15-19)38(10-11-41-5)27(40)29(26,2)3/h6-9,13-16H,10-12H2,1-5H3,(H,35,36). The van der Waals surface area contributed by atoms with Gasteiger partial charge in [0, 0.05) is 56.7 Å². The number of imidazole rings is 1. The molecule has 1 amide bonds. The largest absolute Gasteiger partial charge is 0.457 e. The molecule has 220 valence electrons. The van der Waals surface area contributed by atoms with Crippen LogP contribution in [0.2, 0.25) is 0 Å². The van der Waals surface area contributed by atoms with Gasteiger partial charge in [-0.15, -0.1) is 0 Å². The minimum absolute atomic E-state index is 0.0142. The SMILES string of the molecule is COCCN1C(=O)C(C)(C)c2c1cc(Nc1nc3ccc(Oc4ccnc(CC(C)=O)c4)cc3n1C)cc2C(F)(F)F. The predicted molar refractivity (Wildman–Crippen MR) is 151 cm³/mol.